The molecule has 2 heterocycles. The van der Waals surface area contributed by atoms with Crippen LogP contribution in [0.1, 0.15) is 17.8 Å². The lowest BCUT2D eigenvalue weighted by atomic mass is 10.1. The molecule has 2 aromatic heterocycles. The summed E-state index contributed by atoms with van der Waals surface area (Å²) < 4.78 is 0. The first-order valence-electron chi connectivity index (χ1n) is 7.20. The Morgan fingerprint density at radius 3 is 2.86 bits per heavy atom. The van der Waals surface area contributed by atoms with E-state index in [0.717, 1.165) is 37.4 Å². The molecule has 0 amide bonds. The summed E-state index contributed by atoms with van der Waals surface area (Å²) in [4.78, 5) is 7.34. The van der Waals surface area contributed by atoms with Crippen LogP contribution in [0.15, 0.2) is 48.9 Å². The number of hydrogen-bond donors (Lipinski definition) is 3. The number of rotatable bonds is 7. The summed E-state index contributed by atoms with van der Waals surface area (Å²) in [5.41, 5.74) is 3.45. The van der Waals surface area contributed by atoms with Gasteiger partial charge in [0.2, 0.25) is 0 Å². The molecule has 5 nitrogen and oxygen atoms in total. The van der Waals surface area contributed by atoms with E-state index in [-0.39, 0.29) is 0 Å². The van der Waals surface area contributed by atoms with E-state index in [1.54, 1.807) is 6.20 Å². The minimum atomic E-state index is 0.818. The van der Waals surface area contributed by atoms with Crippen LogP contribution in [0, 0.1) is 0 Å². The number of nitrogens with zero attached hydrogens (tertiary/aromatic N) is 2. The molecule has 21 heavy (non-hydrogen) atoms. The van der Waals surface area contributed by atoms with Crippen LogP contribution in [0.3, 0.4) is 0 Å². The zero-order valence-electron chi connectivity index (χ0n) is 11.8. The van der Waals surface area contributed by atoms with Gasteiger partial charge in [-0.2, -0.15) is 5.10 Å². The number of benzene rings is 1. The molecule has 0 spiro atoms. The quantitative estimate of drug-likeness (QED) is 0.583. The van der Waals surface area contributed by atoms with E-state index in [1.165, 1.54) is 11.1 Å². The summed E-state index contributed by atoms with van der Waals surface area (Å²) in [6.07, 6.45) is 7.57. The Hall–Kier alpha value is -2.40. The van der Waals surface area contributed by atoms with Crippen LogP contribution in [0.25, 0.3) is 11.3 Å². The second-order valence-electron chi connectivity index (χ2n) is 4.95. The SMILES string of the molecule is c1ccc(-c2[nH]ncc2CNCCCc2ncc[nH]2)cc1. The van der Waals surface area contributed by atoms with Gasteiger partial charge in [0, 0.05) is 30.9 Å². The second-order valence-corrected chi connectivity index (χ2v) is 4.95. The molecule has 0 aliphatic rings. The average molecular weight is 281 g/mol. The number of H-pyrrole nitrogens is 2. The highest BCUT2D eigenvalue weighted by atomic mass is 15.1. The topological polar surface area (TPSA) is 69.4 Å². The van der Waals surface area contributed by atoms with Gasteiger partial charge in [0.15, 0.2) is 0 Å². The molecule has 0 fully saturated rings. The first-order valence-corrected chi connectivity index (χ1v) is 7.20. The summed E-state index contributed by atoms with van der Waals surface area (Å²) in [6, 6.07) is 10.3. The van der Waals surface area contributed by atoms with Gasteiger partial charge >= 0.3 is 0 Å². The highest BCUT2D eigenvalue weighted by molar-refractivity contribution is 5.62. The van der Waals surface area contributed by atoms with Crippen molar-refractivity contribution in [2.45, 2.75) is 19.4 Å². The van der Waals surface area contributed by atoms with Gasteiger partial charge in [-0.1, -0.05) is 30.3 Å². The molecule has 0 bridgehead atoms. The normalized spacial score (nSPS) is 10.9. The number of hydrogen-bond acceptors (Lipinski definition) is 3. The number of aryl methyl sites for hydroxylation is 1. The molecule has 0 saturated carbocycles. The summed E-state index contributed by atoms with van der Waals surface area (Å²) in [5, 5.41) is 10.7. The van der Waals surface area contributed by atoms with E-state index in [0.29, 0.717) is 0 Å². The smallest absolute Gasteiger partial charge is 0.106 e. The summed E-state index contributed by atoms with van der Waals surface area (Å²) in [6.45, 7) is 1.78. The van der Waals surface area contributed by atoms with E-state index >= 15 is 0 Å². The van der Waals surface area contributed by atoms with Gasteiger partial charge < -0.3 is 10.3 Å². The molecule has 0 atom stereocenters. The first kappa shape index (κ1) is 13.6. The fourth-order valence-electron chi connectivity index (χ4n) is 2.34. The van der Waals surface area contributed by atoms with Crippen LogP contribution in [-0.4, -0.2) is 26.7 Å². The predicted molar refractivity (Wildman–Crippen MR) is 82.6 cm³/mol. The Morgan fingerprint density at radius 2 is 2.05 bits per heavy atom. The van der Waals surface area contributed by atoms with E-state index < -0.39 is 0 Å². The average Bonchev–Trinajstić information content (AvgIpc) is 3.19. The van der Waals surface area contributed by atoms with Crippen molar-refractivity contribution in [2.75, 3.05) is 6.54 Å². The number of imidazole rings is 1. The third kappa shape index (κ3) is 3.58. The maximum atomic E-state index is 4.22. The number of aromatic nitrogens is 4. The molecule has 3 N–H and O–H groups in total. The van der Waals surface area contributed by atoms with Crippen LogP contribution in [0.4, 0.5) is 0 Å². The maximum absolute atomic E-state index is 4.22. The largest absolute Gasteiger partial charge is 0.349 e. The van der Waals surface area contributed by atoms with Crippen molar-refractivity contribution in [2.24, 2.45) is 0 Å². The molecule has 3 aromatic rings. The molecule has 0 radical (unpaired) electrons. The molecule has 0 aliphatic carbocycles. The number of aromatic amines is 2. The van der Waals surface area contributed by atoms with Crippen molar-refractivity contribution in [3.63, 3.8) is 0 Å². The summed E-state index contributed by atoms with van der Waals surface area (Å²) in [7, 11) is 0. The predicted octanol–water partition coefficient (Wildman–Crippen LogP) is 2.52. The van der Waals surface area contributed by atoms with Gasteiger partial charge in [0.25, 0.3) is 0 Å². The summed E-state index contributed by atoms with van der Waals surface area (Å²) in [5.74, 6) is 1.05. The van der Waals surface area contributed by atoms with Crippen molar-refractivity contribution in [3.8, 4) is 11.3 Å². The van der Waals surface area contributed by atoms with Crippen LogP contribution in [0.5, 0.6) is 0 Å². The highest BCUT2D eigenvalue weighted by Crippen LogP contribution is 2.20. The Balaban J connectivity index is 1.49. The third-order valence-corrected chi connectivity index (χ3v) is 3.42. The molecule has 1 aromatic carbocycles. The van der Waals surface area contributed by atoms with Crippen molar-refractivity contribution in [1.29, 1.82) is 0 Å². The van der Waals surface area contributed by atoms with Gasteiger partial charge in [0.05, 0.1) is 11.9 Å². The van der Waals surface area contributed by atoms with Crippen molar-refractivity contribution in [1.82, 2.24) is 25.5 Å². The Morgan fingerprint density at radius 1 is 1.14 bits per heavy atom. The third-order valence-electron chi connectivity index (χ3n) is 3.42. The molecule has 0 saturated heterocycles. The molecular formula is C16H19N5. The van der Waals surface area contributed by atoms with Crippen LogP contribution in [-0.2, 0) is 13.0 Å². The molecule has 3 rings (SSSR count). The zero-order valence-corrected chi connectivity index (χ0v) is 11.8. The van der Waals surface area contributed by atoms with Gasteiger partial charge in [-0.05, 0) is 18.5 Å². The summed E-state index contributed by atoms with van der Waals surface area (Å²) >= 11 is 0. The van der Waals surface area contributed by atoms with Gasteiger partial charge in [-0.15, -0.1) is 0 Å². The lowest BCUT2D eigenvalue weighted by molar-refractivity contribution is 0.641. The molecular weight excluding hydrogens is 262 g/mol. The lowest BCUT2D eigenvalue weighted by Gasteiger charge is -2.05. The van der Waals surface area contributed by atoms with Gasteiger partial charge in [-0.3, -0.25) is 5.10 Å². The van der Waals surface area contributed by atoms with Crippen molar-refractivity contribution < 1.29 is 0 Å². The van der Waals surface area contributed by atoms with Crippen molar-refractivity contribution in [3.05, 3.63) is 60.3 Å². The first-order chi connectivity index (χ1) is 10.4. The molecule has 0 aliphatic heterocycles. The Kier molecular flexibility index (Phi) is 4.43. The van der Waals surface area contributed by atoms with Crippen molar-refractivity contribution >= 4 is 0 Å². The highest BCUT2D eigenvalue weighted by Gasteiger charge is 2.06. The Labute approximate surface area is 123 Å². The maximum Gasteiger partial charge on any atom is 0.106 e. The van der Waals surface area contributed by atoms with E-state index in [4.69, 9.17) is 0 Å². The van der Waals surface area contributed by atoms with Crippen LogP contribution >= 0.6 is 0 Å². The standard InChI is InChI=1S/C16H19N5/c1-2-5-13(6-3-1)16-14(12-20-21-16)11-17-8-4-7-15-18-9-10-19-15/h1-3,5-6,9-10,12,17H,4,7-8,11H2,(H,18,19)(H,20,21). The monoisotopic (exact) mass is 281 g/mol. The minimum absolute atomic E-state index is 0.818. The van der Waals surface area contributed by atoms with E-state index in [2.05, 4.69) is 37.6 Å². The zero-order chi connectivity index (χ0) is 14.3. The second kappa shape index (κ2) is 6.85. The van der Waals surface area contributed by atoms with Gasteiger partial charge in [0.1, 0.15) is 5.82 Å². The van der Waals surface area contributed by atoms with Crippen LogP contribution < -0.4 is 5.32 Å². The van der Waals surface area contributed by atoms with E-state index in [9.17, 15) is 0 Å². The fraction of sp³-hybridized carbons (Fsp3) is 0.250. The Bertz CT molecular complexity index is 642. The van der Waals surface area contributed by atoms with E-state index in [1.807, 2.05) is 30.6 Å². The molecule has 0 unspecified atom stereocenters. The number of nitrogens with one attached hydrogen (secondary N) is 3. The molecule has 108 valence electrons. The molecule has 5 heteroatoms. The minimum Gasteiger partial charge on any atom is -0.349 e. The van der Waals surface area contributed by atoms with Gasteiger partial charge in [-0.25, -0.2) is 4.98 Å². The lowest BCUT2D eigenvalue weighted by Crippen LogP contribution is -2.15. The van der Waals surface area contributed by atoms with Crippen LogP contribution in [0.2, 0.25) is 0 Å². The fourth-order valence-corrected chi connectivity index (χ4v) is 2.34.